The van der Waals surface area contributed by atoms with E-state index in [1.807, 2.05) is 0 Å². The quantitative estimate of drug-likeness (QED) is 0.438. The molecule has 0 spiro atoms. The summed E-state index contributed by atoms with van der Waals surface area (Å²) in [4.78, 5) is 10.2. The molecule has 4 N–H and O–H groups in total. The lowest BCUT2D eigenvalue weighted by molar-refractivity contribution is -0.137. The molecule has 0 bridgehead atoms. The third kappa shape index (κ3) is 11.6. The second-order valence-corrected chi connectivity index (χ2v) is 7.09. The minimum Gasteiger partial charge on any atom is -0.481 e. The summed E-state index contributed by atoms with van der Waals surface area (Å²) < 4.78 is 45.7. The number of aliphatic carboxylic acids is 1. The van der Waals surface area contributed by atoms with E-state index in [1.165, 1.54) is 0 Å². The smallest absolute Gasteiger partial charge is 0.303 e. The van der Waals surface area contributed by atoms with Crippen molar-refractivity contribution in [3.8, 4) is 0 Å². The lowest BCUT2D eigenvalue weighted by Gasteiger charge is -2.05. The van der Waals surface area contributed by atoms with Gasteiger partial charge in [0.15, 0.2) is 0 Å². The number of primary sulfonamides is 1. The first kappa shape index (κ1) is 16.3. The van der Waals surface area contributed by atoms with Crippen LogP contribution in [0.2, 0.25) is 0 Å². The van der Waals surface area contributed by atoms with Gasteiger partial charge in [-0.2, -0.15) is 0 Å². The van der Waals surface area contributed by atoms with Crippen molar-refractivity contribution in [2.45, 2.75) is 19.3 Å². The van der Waals surface area contributed by atoms with E-state index in [2.05, 4.69) is 4.72 Å². The van der Waals surface area contributed by atoms with Crippen LogP contribution >= 0.6 is 0 Å². The molecule has 0 aromatic heterocycles. The molecule has 0 amide bonds. The fourth-order valence-corrected chi connectivity index (χ4v) is 2.66. The molecule has 8 nitrogen and oxygen atoms in total. The first-order valence-electron chi connectivity index (χ1n) is 4.82. The molecule has 10 heteroatoms. The lowest BCUT2D eigenvalue weighted by Crippen LogP contribution is -2.29. The molecule has 0 aromatic carbocycles. The summed E-state index contributed by atoms with van der Waals surface area (Å²) in [6.07, 6.45) is -0.130. The normalized spacial score (nSPS) is 12.5. The fourth-order valence-electron chi connectivity index (χ4n) is 0.987. The molecule has 0 aromatic rings. The van der Waals surface area contributed by atoms with Crippen LogP contribution in [0, 0.1) is 0 Å². The van der Waals surface area contributed by atoms with Crippen molar-refractivity contribution in [3.05, 3.63) is 0 Å². The minimum absolute atomic E-state index is 0.0137. The van der Waals surface area contributed by atoms with E-state index in [0.717, 1.165) is 0 Å². The Hall–Kier alpha value is -0.710. The fraction of sp³-hybridized carbons (Fsp3) is 0.857. The summed E-state index contributed by atoms with van der Waals surface area (Å²) in [6.45, 7) is -0.0359. The number of nitrogens with one attached hydrogen (secondary N) is 1. The second kappa shape index (κ2) is 6.89. The molecular weight excluding hydrogens is 272 g/mol. The number of nitrogens with two attached hydrogens (primary N) is 1. The van der Waals surface area contributed by atoms with Gasteiger partial charge in [-0.25, -0.2) is 26.7 Å². The Morgan fingerprint density at radius 1 is 1.12 bits per heavy atom. The molecule has 0 fully saturated rings. The summed E-state index contributed by atoms with van der Waals surface area (Å²) in [5.74, 6) is -1.66. The van der Waals surface area contributed by atoms with Gasteiger partial charge in [-0.15, -0.1) is 0 Å². The predicted molar refractivity (Wildman–Crippen MR) is 61.3 cm³/mol. The third-order valence-corrected chi connectivity index (χ3v) is 4.06. The predicted octanol–water partition coefficient (Wildman–Crippen LogP) is -1.55. The Kier molecular flexibility index (Phi) is 6.60. The lowest BCUT2D eigenvalue weighted by atomic mass is 10.3. The highest BCUT2D eigenvalue weighted by Gasteiger charge is 2.11. The summed E-state index contributed by atoms with van der Waals surface area (Å²) in [6, 6.07) is 0. The number of carbonyl (C=O) groups is 1. The maximum Gasteiger partial charge on any atom is 0.303 e. The van der Waals surface area contributed by atoms with E-state index in [0.29, 0.717) is 0 Å². The van der Waals surface area contributed by atoms with Crippen molar-refractivity contribution in [1.82, 2.24) is 4.72 Å². The third-order valence-electron chi connectivity index (χ3n) is 1.73. The summed E-state index contributed by atoms with van der Waals surface area (Å²) in [5, 5.41) is 13.0. The molecule has 0 aliphatic carbocycles. The van der Waals surface area contributed by atoms with Gasteiger partial charge in [0.25, 0.3) is 0 Å². The molecule has 0 aliphatic rings. The van der Waals surface area contributed by atoms with Crippen molar-refractivity contribution < 1.29 is 26.7 Å². The van der Waals surface area contributed by atoms with Crippen molar-refractivity contribution in [2.24, 2.45) is 5.14 Å². The van der Waals surface area contributed by atoms with Crippen LogP contribution < -0.4 is 9.86 Å². The minimum atomic E-state index is -3.58. The number of carboxylic acid groups (broad SMARTS) is 1. The van der Waals surface area contributed by atoms with Crippen molar-refractivity contribution >= 4 is 26.0 Å². The van der Waals surface area contributed by atoms with Crippen LogP contribution in [-0.2, 0) is 24.8 Å². The Bertz CT molecular complexity index is 441. The topological polar surface area (TPSA) is 144 Å². The highest BCUT2D eigenvalue weighted by Crippen LogP contribution is 1.95. The molecule has 0 heterocycles. The summed E-state index contributed by atoms with van der Waals surface area (Å²) in [7, 11) is -7.13. The largest absolute Gasteiger partial charge is 0.481 e. The Balaban J connectivity index is 3.83. The van der Waals surface area contributed by atoms with E-state index < -0.39 is 26.0 Å². The van der Waals surface area contributed by atoms with Crippen molar-refractivity contribution in [1.29, 1.82) is 0 Å². The van der Waals surface area contributed by atoms with Crippen LogP contribution in [0.3, 0.4) is 0 Å². The standard InChI is InChI=1S/C7H16N2O6S2/c8-16(12,13)5-2-4-9-17(14,15)6-1-3-7(10)11/h9H,1-6H2,(H,10,11)(H2,8,12,13). The van der Waals surface area contributed by atoms with E-state index in [-0.39, 0.29) is 37.3 Å². The molecule has 0 saturated carbocycles. The maximum absolute atomic E-state index is 11.3. The Labute approximate surface area is 100 Å². The van der Waals surface area contributed by atoms with Crippen LogP contribution in [0.1, 0.15) is 19.3 Å². The molecular formula is C7H16N2O6S2. The van der Waals surface area contributed by atoms with Gasteiger partial charge in [0.05, 0.1) is 11.5 Å². The Morgan fingerprint density at radius 3 is 2.18 bits per heavy atom. The van der Waals surface area contributed by atoms with E-state index in [9.17, 15) is 21.6 Å². The van der Waals surface area contributed by atoms with Gasteiger partial charge in [0.1, 0.15) is 0 Å². The van der Waals surface area contributed by atoms with Crippen LogP contribution in [0.15, 0.2) is 0 Å². The molecule has 0 saturated heterocycles. The van der Waals surface area contributed by atoms with Crippen molar-refractivity contribution in [2.75, 3.05) is 18.1 Å². The summed E-state index contributed by atoms with van der Waals surface area (Å²) >= 11 is 0. The monoisotopic (exact) mass is 288 g/mol. The molecule has 17 heavy (non-hydrogen) atoms. The molecule has 0 atom stereocenters. The first-order valence-corrected chi connectivity index (χ1v) is 8.19. The van der Waals surface area contributed by atoms with Gasteiger partial charge < -0.3 is 5.11 Å². The van der Waals surface area contributed by atoms with Gasteiger partial charge in [-0.05, 0) is 12.8 Å². The van der Waals surface area contributed by atoms with Gasteiger partial charge >= 0.3 is 5.97 Å². The van der Waals surface area contributed by atoms with E-state index in [4.69, 9.17) is 10.2 Å². The molecule has 0 radical (unpaired) electrons. The van der Waals surface area contributed by atoms with Gasteiger partial charge in [0.2, 0.25) is 20.0 Å². The first-order chi connectivity index (χ1) is 7.62. The Morgan fingerprint density at radius 2 is 1.71 bits per heavy atom. The van der Waals surface area contributed by atoms with Crippen LogP contribution in [-0.4, -0.2) is 46.0 Å². The number of carboxylic acids is 1. The summed E-state index contributed by atoms with van der Waals surface area (Å²) in [5.41, 5.74) is 0. The van der Waals surface area contributed by atoms with E-state index in [1.54, 1.807) is 0 Å². The zero-order chi connectivity index (χ0) is 13.5. The van der Waals surface area contributed by atoms with Crippen LogP contribution in [0.5, 0.6) is 0 Å². The SMILES string of the molecule is NS(=O)(=O)CCCNS(=O)(=O)CCCC(=O)O. The highest BCUT2D eigenvalue weighted by atomic mass is 32.2. The van der Waals surface area contributed by atoms with Crippen LogP contribution in [0.4, 0.5) is 0 Å². The molecule has 102 valence electrons. The molecule has 0 aliphatic heterocycles. The number of hydrogen-bond donors (Lipinski definition) is 3. The zero-order valence-corrected chi connectivity index (χ0v) is 10.8. The number of sulfonamides is 2. The number of hydrogen-bond acceptors (Lipinski definition) is 5. The van der Waals surface area contributed by atoms with E-state index >= 15 is 0 Å². The maximum atomic E-state index is 11.3. The molecule has 0 rings (SSSR count). The highest BCUT2D eigenvalue weighted by molar-refractivity contribution is 7.89. The average molecular weight is 288 g/mol. The van der Waals surface area contributed by atoms with Gasteiger partial charge in [-0.3, -0.25) is 4.79 Å². The number of rotatable bonds is 9. The van der Waals surface area contributed by atoms with Crippen LogP contribution in [0.25, 0.3) is 0 Å². The van der Waals surface area contributed by atoms with Gasteiger partial charge in [-0.1, -0.05) is 0 Å². The second-order valence-electron chi connectivity index (χ2n) is 3.43. The van der Waals surface area contributed by atoms with Crippen molar-refractivity contribution in [3.63, 3.8) is 0 Å². The average Bonchev–Trinajstić information content (AvgIpc) is 2.10. The zero-order valence-electron chi connectivity index (χ0n) is 9.12. The van der Waals surface area contributed by atoms with Gasteiger partial charge in [0, 0.05) is 13.0 Å². The molecule has 0 unspecified atom stereocenters.